The van der Waals surface area contributed by atoms with E-state index < -0.39 is 0 Å². The van der Waals surface area contributed by atoms with Crippen LogP contribution in [0.15, 0.2) is 60.8 Å². The number of hydrogen-bond donors (Lipinski definition) is 2. The van der Waals surface area contributed by atoms with Crippen LogP contribution in [-0.4, -0.2) is 11.3 Å². The van der Waals surface area contributed by atoms with E-state index in [1.807, 2.05) is 54.6 Å². The van der Waals surface area contributed by atoms with Crippen LogP contribution in [0.4, 0.5) is 0 Å². The quantitative estimate of drug-likeness (QED) is 0.399. The number of rotatable bonds is 6. The number of carbonyl (C=O) groups excluding carboxylic acids is 1. The second kappa shape index (κ2) is 7.44. The Labute approximate surface area is 148 Å². The number of aldehydes is 1. The second-order valence-electron chi connectivity index (χ2n) is 5.23. The van der Waals surface area contributed by atoms with Crippen LogP contribution in [0.2, 0.25) is 0 Å². The summed E-state index contributed by atoms with van der Waals surface area (Å²) in [6.45, 7) is 0.591. The van der Waals surface area contributed by atoms with Crippen LogP contribution in [0.1, 0.15) is 20.1 Å². The number of thiophene rings is 2. The third-order valence-corrected chi connectivity index (χ3v) is 5.73. The maximum atomic E-state index is 10.8. The zero-order chi connectivity index (χ0) is 16.9. The summed E-state index contributed by atoms with van der Waals surface area (Å²) in [6, 6.07) is 17.8. The molecule has 0 aliphatic heterocycles. The van der Waals surface area contributed by atoms with Gasteiger partial charge in [-0.1, -0.05) is 30.3 Å². The molecule has 2 heterocycles. The summed E-state index contributed by atoms with van der Waals surface area (Å²) < 4.78 is 0. The van der Waals surface area contributed by atoms with Crippen molar-refractivity contribution in [2.24, 2.45) is 11.6 Å². The normalized spacial score (nSPS) is 11.5. The van der Waals surface area contributed by atoms with Gasteiger partial charge in [0, 0.05) is 16.0 Å². The van der Waals surface area contributed by atoms with Crippen LogP contribution in [0, 0.1) is 0 Å². The number of nitrogens with two attached hydrogens (primary N) is 2. The zero-order valence-corrected chi connectivity index (χ0v) is 14.5. The Balaban J connectivity index is 1.72. The predicted octanol–water partition coefficient (Wildman–Crippen LogP) is 3.92. The molecule has 122 valence electrons. The molecule has 0 bridgehead atoms. The van der Waals surface area contributed by atoms with E-state index >= 15 is 0 Å². The number of hydrazine groups is 1. The van der Waals surface area contributed by atoms with E-state index in [0.29, 0.717) is 12.2 Å². The Bertz CT molecular complexity index is 852. The molecule has 4 nitrogen and oxygen atoms in total. The van der Waals surface area contributed by atoms with E-state index in [9.17, 15) is 4.79 Å². The van der Waals surface area contributed by atoms with Gasteiger partial charge in [0.25, 0.3) is 0 Å². The smallest absolute Gasteiger partial charge is 0.160 e. The van der Waals surface area contributed by atoms with Gasteiger partial charge >= 0.3 is 0 Å². The van der Waals surface area contributed by atoms with Gasteiger partial charge in [0.05, 0.1) is 22.0 Å². The third-order valence-electron chi connectivity index (χ3n) is 3.39. The molecule has 6 heteroatoms. The van der Waals surface area contributed by atoms with Crippen molar-refractivity contribution in [3.63, 3.8) is 0 Å². The fourth-order valence-electron chi connectivity index (χ4n) is 2.26. The Morgan fingerprint density at radius 2 is 1.71 bits per heavy atom. The molecule has 24 heavy (non-hydrogen) atoms. The van der Waals surface area contributed by atoms with Crippen molar-refractivity contribution in [2.75, 3.05) is 0 Å². The first-order valence-corrected chi connectivity index (χ1v) is 8.97. The van der Waals surface area contributed by atoms with E-state index in [0.717, 1.165) is 31.4 Å². The molecule has 3 rings (SSSR count). The van der Waals surface area contributed by atoms with Crippen LogP contribution < -0.4 is 11.6 Å². The molecule has 2 aromatic heterocycles. The zero-order valence-electron chi connectivity index (χ0n) is 12.9. The number of nitrogens with zero attached hydrogens (tertiary/aromatic N) is 1. The molecular weight excluding hydrogens is 338 g/mol. The van der Waals surface area contributed by atoms with Gasteiger partial charge in [-0.15, -0.1) is 22.7 Å². The van der Waals surface area contributed by atoms with Crippen LogP contribution in [0.3, 0.4) is 0 Å². The maximum absolute atomic E-state index is 10.8. The first kappa shape index (κ1) is 16.4. The highest BCUT2D eigenvalue weighted by Gasteiger charge is 2.08. The van der Waals surface area contributed by atoms with Crippen molar-refractivity contribution in [1.82, 2.24) is 5.01 Å². The summed E-state index contributed by atoms with van der Waals surface area (Å²) in [6.07, 6.45) is 2.61. The van der Waals surface area contributed by atoms with E-state index in [1.165, 1.54) is 11.3 Å². The Hall–Kier alpha value is -2.41. The summed E-state index contributed by atoms with van der Waals surface area (Å²) in [7, 11) is 0. The van der Waals surface area contributed by atoms with E-state index in [2.05, 4.69) is 0 Å². The van der Waals surface area contributed by atoms with Crippen molar-refractivity contribution in [1.29, 1.82) is 0 Å². The first-order valence-electron chi connectivity index (χ1n) is 7.34. The molecule has 3 aromatic rings. The lowest BCUT2D eigenvalue weighted by atomic mass is 10.2. The molecule has 0 unspecified atom stereocenters. The summed E-state index contributed by atoms with van der Waals surface area (Å²) in [5, 5.41) is 1.58. The first-order chi connectivity index (χ1) is 11.7. The molecule has 4 N–H and O–H groups in total. The molecule has 0 atom stereocenters. The summed E-state index contributed by atoms with van der Waals surface area (Å²) >= 11 is 3.06. The highest BCUT2D eigenvalue weighted by molar-refractivity contribution is 7.23. The third kappa shape index (κ3) is 3.91. The fraction of sp³-hybridized carbons (Fsp3) is 0.0556. The van der Waals surface area contributed by atoms with Gasteiger partial charge in [-0.2, -0.15) is 0 Å². The van der Waals surface area contributed by atoms with Crippen molar-refractivity contribution in [3.05, 3.63) is 76.1 Å². The van der Waals surface area contributed by atoms with Gasteiger partial charge in [-0.3, -0.25) is 4.79 Å². The van der Waals surface area contributed by atoms with Crippen LogP contribution in [0.5, 0.6) is 0 Å². The van der Waals surface area contributed by atoms with Gasteiger partial charge in [-0.05, 0) is 29.8 Å². The molecular formula is C18H17N3OS2. The van der Waals surface area contributed by atoms with Crippen molar-refractivity contribution < 1.29 is 4.79 Å². The van der Waals surface area contributed by atoms with E-state index in [4.69, 9.17) is 11.6 Å². The van der Waals surface area contributed by atoms with E-state index in [1.54, 1.807) is 22.5 Å². The average molecular weight is 355 g/mol. The minimum atomic E-state index is 0.591. The molecule has 0 spiro atoms. The Kier molecular flexibility index (Phi) is 5.10. The molecule has 1 aromatic carbocycles. The molecule has 0 aliphatic rings. The van der Waals surface area contributed by atoms with Gasteiger partial charge in [-0.25, -0.2) is 5.84 Å². The topological polar surface area (TPSA) is 72.3 Å². The van der Waals surface area contributed by atoms with Crippen molar-refractivity contribution in [2.45, 2.75) is 6.54 Å². The summed E-state index contributed by atoms with van der Waals surface area (Å²) in [4.78, 5) is 14.6. The SMILES string of the molecule is N/C(=C\N(N)Cc1ccccc1)c1ccc(-c2ccc(C=O)s2)s1. The Morgan fingerprint density at radius 3 is 2.42 bits per heavy atom. The van der Waals surface area contributed by atoms with Crippen LogP contribution in [0.25, 0.3) is 15.5 Å². The highest BCUT2D eigenvalue weighted by Crippen LogP contribution is 2.34. The minimum absolute atomic E-state index is 0.591. The van der Waals surface area contributed by atoms with Crippen molar-refractivity contribution in [3.8, 4) is 9.75 Å². The largest absolute Gasteiger partial charge is 0.396 e. The lowest BCUT2D eigenvalue weighted by Gasteiger charge is -2.14. The molecule has 0 amide bonds. The lowest BCUT2D eigenvalue weighted by molar-refractivity contribution is 0.112. The fourth-order valence-corrected chi connectivity index (χ4v) is 4.10. The second-order valence-corrected chi connectivity index (χ2v) is 7.43. The molecule has 0 fully saturated rings. The summed E-state index contributed by atoms with van der Waals surface area (Å²) in [5.74, 6) is 6.03. The summed E-state index contributed by atoms with van der Waals surface area (Å²) in [5.41, 5.74) is 7.91. The van der Waals surface area contributed by atoms with Crippen molar-refractivity contribution >= 4 is 34.7 Å². The molecule has 0 saturated heterocycles. The molecule has 0 saturated carbocycles. The lowest BCUT2D eigenvalue weighted by Crippen LogP contribution is -2.25. The van der Waals surface area contributed by atoms with Gasteiger partial charge in [0.2, 0.25) is 0 Å². The Morgan fingerprint density at radius 1 is 1.00 bits per heavy atom. The van der Waals surface area contributed by atoms with Crippen LogP contribution >= 0.6 is 22.7 Å². The van der Waals surface area contributed by atoms with Gasteiger partial charge in [0.15, 0.2) is 6.29 Å². The molecule has 0 aliphatic carbocycles. The molecule has 0 radical (unpaired) electrons. The van der Waals surface area contributed by atoms with E-state index in [-0.39, 0.29) is 0 Å². The predicted molar refractivity (Wildman–Crippen MR) is 101 cm³/mol. The average Bonchev–Trinajstić information content (AvgIpc) is 3.24. The minimum Gasteiger partial charge on any atom is -0.396 e. The number of hydrogen-bond acceptors (Lipinski definition) is 6. The van der Waals surface area contributed by atoms with Gasteiger partial charge < -0.3 is 10.7 Å². The van der Waals surface area contributed by atoms with Gasteiger partial charge in [0.1, 0.15) is 0 Å². The standard InChI is InChI=1S/C18H17N3OS2/c19-15(11-21(20)10-13-4-2-1-3-5-13)16-8-9-18(24-16)17-7-6-14(12-22)23-17/h1-9,11-12H,10,19-20H2/b15-11-. The number of benzene rings is 1. The highest BCUT2D eigenvalue weighted by atomic mass is 32.1. The number of carbonyl (C=O) groups is 1. The monoisotopic (exact) mass is 355 g/mol. The maximum Gasteiger partial charge on any atom is 0.160 e. The van der Waals surface area contributed by atoms with Crippen LogP contribution in [-0.2, 0) is 6.54 Å².